The lowest BCUT2D eigenvalue weighted by Gasteiger charge is -2.23. The third-order valence-electron chi connectivity index (χ3n) is 2.61. The lowest BCUT2D eigenvalue weighted by atomic mass is 10.2. The van der Waals surface area contributed by atoms with Crippen molar-refractivity contribution in [1.29, 1.82) is 0 Å². The quantitative estimate of drug-likeness (QED) is 0.807. The molecule has 1 aliphatic rings. The van der Waals surface area contributed by atoms with Crippen molar-refractivity contribution in [1.82, 2.24) is 4.57 Å². The number of pyridine rings is 1. The van der Waals surface area contributed by atoms with Crippen LogP contribution < -0.4 is 5.56 Å². The topological polar surface area (TPSA) is 40.5 Å². The van der Waals surface area contributed by atoms with E-state index < -0.39 is 17.3 Å². The number of ether oxygens (including phenoxy) is 2. The van der Waals surface area contributed by atoms with Crippen molar-refractivity contribution in [2.45, 2.75) is 18.8 Å². The molecule has 18 heavy (non-hydrogen) atoms. The summed E-state index contributed by atoms with van der Waals surface area (Å²) in [5.74, 6) is 0. The van der Waals surface area contributed by atoms with Gasteiger partial charge in [-0.15, -0.1) is 0 Å². The zero-order valence-electron chi connectivity index (χ0n) is 9.44. The summed E-state index contributed by atoms with van der Waals surface area (Å²) in [5.41, 5.74) is -2.22. The van der Waals surface area contributed by atoms with E-state index in [9.17, 15) is 18.0 Å². The molecule has 1 aliphatic heterocycles. The molecule has 1 atom stereocenters. The van der Waals surface area contributed by atoms with E-state index in [0.717, 1.165) is 10.6 Å². The second kappa shape index (κ2) is 5.11. The van der Waals surface area contributed by atoms with Gasteiger partial charge in [-0.2, -0.15) is 13.2 Å². The molecule has 4 nitrogen and oxygen atoms in total. The van der Waals surface area contributed by atoms with Gasteiger partial charge in [0.2, 0.25) is 0 Å². The molecule has 1 fully saturated rings. The van der Waals surface area contributed by atoms with Crippen molar-refractivity contribution in [3.63, 3.8) is 0 Å². The molecule has 0 aliphatic carbocycles. The minimum atomic E-state index is -4.63. The number of hydrogen-bond donors (Lipinski definition) is 0. The Kier molecular flexibility index (Phi) is 3.72. The summed E-state index contributed by atoms with van der Waals surface area (Å²) in [6.45, 7) is 1.19. The van der Waals surface area contributed by atoms with Crippen molar-refractivity contribution in [3.05, 3.63) is 34.2 Å². The largest absolute Gasteiger partial charge is 0.421 e. The highest BCUT2D eigenvalue weighted by atomic mass is 19.4. The maximum atomic E-state index is 12.5. The number of alkyl halides is 3. The average molecular weight is 263 g/mol. The normalized spacial score (nSPS) is 20.9. The van der Waals surface area contributed by atoms with E-state index in [2.05, 4.69) is 0 Å². The number of hydrogen-bond acceptors (Lipinski definition) is 3. The van der Waals surface area contributed by atoms with Gasteiger partial charge in [-0.1, -0.05) is 0 Å². The second-order valence-electron chi connectivity index (χ2n) is 3.94. The monoisotopic (exact) mass is 263 g/mol. The molecule has 1 saturated heterocycles. The van der Waals surface area contributed by atoms with Crippen LogP contribution in [0, 0.1) is 0 Å². The minimum Gasteiger partial charge on any atom is -0.376 e. The second-order valence-corrected chi connectivity index (χ2v) is 3.94. The lowest BCUT2D eigenvalue weighted by Crippen LogP contribution is -2.37. The predicted molar refractivity (Wildman–Crippen MR) is 56.3 cm³/mol. The third-order valence-corrected chi connectivity index (χ3v) is 2.61. The van der Waals surface area contributed by atoms with Crippen molar-refractivity contribution in [2.75, 3.05) is 19.8 Å². The first-order valence-corrected chi connectivity index (χ1v) is 5.44. The minimum absolute atomic E-state index is 0.0583. The van der Waals surface area contributed by atoms with Gasteiger partial charge in [-0.05, 0) is 12.1 Å². The molecule has 7 heteroatoms. The van der Waals surface area contributed by atoms with Gasteiger partial charge in [0.15, 0.2) is 0 Å². The highest BCUT2D eigenvalue weighted by Crippen LogP contribution is 2.26. The van der Waals surface area contributed by atoms with Crippen LogP contribution in [0.2, 0.25) is 0 Å². The number of halogens is 3. The molecule has 0 unspecified atom stereocenters. The zero-order chi connectivity index (χ0) is 13.2. The molecule has 0 N–H and O–H groups in total. The van der Waals surface area contributed by atoms with Gasteiger partial charge < -0.3 is 14.0 Å². The van der Waals surface area contributed by atoms with E-state index in [1.54, 1.807) is 0 Å². The average Bonchev–Trinajstić information content (AvgIpc) is 2.32. The van der Waals surface area contributed by atoms with E-state index in [0.29, 0.717) is 13.2 Å². The summed E-state index contributed by atoms with van der Waals surface area (Å²) in [6, 6.07) is 1.98. The fourth-order valence-electron chi connectivity index (χ4n) is 1.76. The molecule has 0 bridgehead atoms. The summed E-state index contributed by atoms with van der Waals surface area (Å²) in [7, 11) is 0. The Labute approximate surface area is 101 Å². The van der Waals surface area contributed by atoms with Crippen molar-refractivity contribution < 1.29 is 22.6 Å². The molecular weight excluding hydrogens is 251 g/mol. The molecular formula is C11H12F3NO3. The van der Waals surface area contributed by atoms with Crippen LogP contribution in [0.1, 0.15) is 5.56 Å². The molecule has 0 amide bonds. The maximum absolute atomic E-state index is 12.5. The van der Waals surface area contributed by atoms with Crippen LogP contribution in [0.5, 0.6) is 0 Å². The van der Waals surface area contributed by atoms with E-state index in [1.807, 2.05) is 0 Å². The van der Waals surface area contributed by atoms with Crippen LogP contribution in [-0.4, -0.2) is 30.5 Å². The van der Waals surface area contributed by atoms with Gasteiger partial charge >= 0.3 is 6.18 Å². The van der Waals surface area contributed by atoms with Crippen molar-refractivity contribution >= 4 is 0 Å². The van der Waals surface area contributed by atoms with E-state index in [-0.39, 0.29) is 19.3 Å². The first kappa shape index (κ1) is 13.1. The smallest absolute Gasteiger partial charge is 0.376 e. The number of nitrogens with zero attached hydrogens (tertiary/aromatic N) is 1. The van der Waals surface area contributed by atoms with Crippen LogP contribution >= 0.6 is 0 Å². The van der Waals surface area contributed by atoms with Crippen LogP contribution in [-0.2, 0) is 22.2 Å². The van der Waals surface area contributed by atoms with Crippen LogP contribution in [0.4, 0.5) is 13.2 Å². The van der Waals surface area contributed by atoms with Gasteiger partial charge in [0, 0.05) is 6.20 Å². The van der Waals surface area contributed by atoms with Gasteiger partial charge in [-0.3, -0.25) is 4.79 Å². The summed E-state index contributed by atoms with van der Waals surface area (Å²) in [6.07, 6.45) is -3.71. The van der Waals surface area contributed by atoms with Crippen LogP contribution in [0.3, 0.4) is 0 Å². The van der Waals surface area contributed by atoms with Crippen LogP contribution in [0.25, 0.3) is 0 Å². The van der Waals surface area contributed by atoms with Gasteiger partial charge in [-0.25, -0.2) is 0 Å². The zero-order valence-corrected chi connectivity index (χ0v) is 9.44. The first-order chi connectivity index (χ1) is 8.48. The summed E-state index contributed by atoms with van der Waals surface area (Å²) >= 11 is 0. The van der Waals surface area contributed by atoms with Crippen molar-refractivity contribution in [3.8, 4) is 0 Å². The number of rotatable bonds is 2. The highest BCUT2D eigenvalue weighted by molar-refractivity contribution is 5.14. The van der Waals surface area contributed by atoms with E-state index >= 15 is 0 Å². The summed E-state index contributed by atoms with van der Waals surface area (Å²) in [4.78, 5) is 11.6. The standard InChI is InChI=1S/C11H12F3NO3/c12-11(13,14)9-2-1-3-15(10(9)16)6-8-7-17-4-5-18-8/h1-3,8H,4-7H2/t8-/m0/s1. The Hall–Kier alpha value is -1.34. The molecule has 0 radical (unpaired) electrons. The lowest BCUT2D eigenvalue weighted by molar-refractivity contribution is -0.139. The van der Waals surface area contributed by atoms with Crippen LogP contribution in [0.15, 0.2) is 23.1 Å². The molecule has 1 aromatic rings. The van der Waals surface area contributed by atoms with Gasteiger partial charge in [0.05, 0.1) is 32.5 Å². The molecule has 100 valence electrons. The van der Waals surface area contributed by atoms with Gasteiger partial charge in [0.25, 0.3) is 5.56 Å². The Bertz CT molecular complexity index is 463. The summed E-state index contributed by atoms with van der Waals surface area (Å²) in [5, 5.41) is 0. The highest BCUT2D eigenvalue weighted by Gasteiger charge is 2.34. The predicted octanol–water partition coefficient (Wildman–Crippen LogP) is 1.28. The molecule has 0 aromatic carbocycles. The fourth-order valence-corrected chi connectivity index (χ4v) is 1.76. The fraction of sp³-hybridized carbons (Fsp3) is 0.545. The van der Waals surface area contributed by atoms with E-state index in [1.165, 1.54) is 12.3 Å². The van der Waals surface area contributed by atoms with E-state index in [4.69, 9.17) is 9.47 Å². The molecule has 0 saturated carbocycles. The summed E-state index contributed by atoms with van der Waals surface area (Å²) < 4.78 is 49.0. The Morgan fingerprint density at radius 1 is 1.39 bits per heavy atom. The maximum Gasteiger partial charge on any atom is 0.421 e. The first-order valence-electron chi connectivity index (χ1n) is 5.44. The Morgan fingerprint density at radius 3 is 2.78 bits per heavy atom. The third kappa shape index (κ3) is 2.91. The van der Waals surface area contributed by atoms with Crippen molar-refractivity contribution in [2.24, 2.45) is 0 Å². The number of aromatic nitrogens is 1. The molecule has 2 rings (SSSR count). The molecule has 2 heterocycles. The SMILES string of the molecule is O=c1c(C(F)(F)F)cccn1C[C@H]1COCCO1. The Morgan fingerprint density at radius 2 is 2.17 bits per heavy atom. The van der Waals surface area contributed by atoms with Gasteiger partial charge in [0.1, 0.15) is 5.56 Å². The Balaban J connectivity index is 2.21. The molecule has 1 aromatic heterocycles. The molecule has 0 spiro atoms.